The SMILES string of the molecule is Cc1cc(C)n2nc(C(=O)OCc3ccccc3C(F)(F)F)nc2n1. The summed E-state index contributed by atoms with van der Waals surface area (Å²) in [5, 5.41) is 3.98. The van der Waals surface area contributed by atoms with Gasteiger partial charge >= 0.3 is 12.1 Å². The molecule has 0 unspecified atom stereocenters. The first-order valence-electron chi connectivity index (χ1n) is 7.29. The molecule has 3 aromatic rings. The number of hydrogen-bond donors (Lipinski definition) is 0. The summed E-state index contributed by atoms with van der Waals surface area (Å²) in [5.74, 6) is -0.953. The van der Waals surface area contributed by atoms with Crippen LogP contribution >= 0.6 is 0 Å². The number of carbonyl (C=O) groups excluding carboxylic acids is 1. The van der Waals surface area contributed by atoms with Crippen LogP contribution in [0.5, 0.6) is 0 Å². The number of halogens is 3. The monoisotopic (exact) mass is 350 g/mol. The number of rotatable bonds is 3. The van der Waals surface area contributed by atoms with E-state index in [0.29, 0.717) is 5.69 Å². The second kappa shape index (κ2) is 6.15. The second-order valence-corrected chi connectivity index (χ2v) is 5.42. The number of alkyl halides is 3. The molecule has 6 nitrogen and oxygen atoms in total. The maximum absolute atomic E-state index is 12.9. The highest BCUT2D eigenvalue weighted by Gasteiger charge is 2.33. The molecule has 0 spiro atoms. The Balaban J connectivity index is 1.81. The molecule has 25 heavy (non-hydrogen) atoms. The zero-order valence-corrected chi connectivity index (χ0v) is 13.3. The van der Waals surface area contributed by atoms with Crippen molar-refractivity contribution in [1.82, 2.24) is 19.6 Å². The molecule has 0 saturated heterocycles. The number of benzene rings is 1. The van der Waals surface area contributed by atoms with Gasteiger partial charge in [-0.15, -0.1) is 5.10 Å². The highest BCUT2D eigenvalue weighted by atomic mass is 19.4. The van der Waals surface area contributed by atoms with E-state index in [1.165, 1.54) is 22.7 Å². The van der Waals surface area contributed by atoms with Gasteiger partial charge in [-0.25, -0.2) is 14.3 Å². The molecule has 0 saturated carbocycles. The molecule has 9 heteroatoms. The van der Waals surface area contributed by atoms with Crippen molar-refractivity contribution < 1.29 is 22.7 Å². The molecule has 0 amide bonds. The average molecular weight is 350 g/mol. The van der Waals surface area contributed by atoms with Gasteiger partial charge in [0.1, 0.15) is 6.61 Å². The smallest absolute Gasteiger partial charge is 0.416 e. The summed E-state index contributed by atoms with van der Waals surface area (Å²) >= 11 is 0. The fourth-order valence-corrected chi connectivity index (χ4v) is 2.38. The van der Waals surface area contributed by atoms with Crippen LogP contribution in [0, 0.1) is 13.8 Å². The minimum atomic E-state index is -4.52. The summed E-state index contributed by atoms with van der Waals surface area (Å²) in [4.78, 5) is 20.2. The molecule has 1 aromatic carbocycles. The van der Waals surface area contributed by atoms with Crippen LogP contribution in [-0.2, 0) is 17.5 Å². The summed E-state index contributed by atoms with van der Waals surface area (Å²) in [6.45, 7) is 3.01. The fraction of sp³-hybridized carbons (Fsp3) is 0.250. The van der Waals surface area contributed by atoms with E-state index in [1.807, 2.05) is 0 Å². The van der Waals surface area contributed by atoms with Crippen LogP contribution in [0.3, 0.4) is 0 Å². The maximum Gasteiger partial charge on any atom is 0.416 e. The Labute approximate surface area is 140 Å². The van der Waals surface area contributed by atoms with Gasteiger partial charge in [0.15, 0.2) is 0 Å². The van der Waals surface area contributed by atoms with Gasteiger partial charge in [0, 0.05) is 17.0 Å². The number of fused-ring (bicyclic) bond motifs is 1. The van der Waals surface area contributed by atoms with Gasteiger partial charge in [0.05, 0.1) is 5.56 Å². The van der Waals surface area contributed by atoms with E-state index in [4.69, 9.17) is 4.74 Å². The van der Waals surface area contributed by atoms with Crippen molar-refractivity contribution in [1.29, 1.82) is 0 Å². The molecule has 2 heterocycles. The average Bonchev–Trinajstić information content (AvgIpc) is 2.96. The predicted octanol–water partition coefficient (Wildman–Crippen LogP) is 3.12. The number of hydrogen-bond acceptors (Lipinski definition) is 5. The topological polar surface area (TPSA) is 69.4 Å². The van der Waals surface area contributed by atoms with Gasteiger partial charge in [0.25, 0.3) is 11.6 Å². The van der Waals surface area contributed by atoms with E-state index in [1.54, 1.807) is 19.9 Å². The summed E-state index contributed by atoms with van der Waals surface area (Å²) in [6, 6.07) is 6.66. The number of nitrogens with zero attached hydrogens (tertiary/aromatic N) is 4. The van der Waals surface area contributed by atoms with Crippen LogP contribution in [0.4, 0.5) is 13.2 Å². The molecule has 2 aromatic heterocycles. The molecular formula is C16H13F3N4O2. The molecular weight excluding hydrogens is 337 g/mol. The zero-order chi connectivity index (χ0) is 18.2. The minimum Gasteiger partial charge on any atom is -0.455 e. The normalized spacial score (nSPS) is 11.7. The van der Waals surface area contributed by atoms with E-state index in [2.05, 4.69) is 15.1 Å². The molecule has 3 rings (SSSR count). The first kappa shape index (κ1) is 16.9. The van der Waals surface area contributed by atoms with E-state index in [-0.39, 0.29) is 17.2 Å². The molecule has 0 bridgehead atoms. The summed E-state index contributed by atoms with van der Waals surface area (Å²) < 4.78 is 45.1. The van der Waals surface area contributed by atoms with Crippen molar-refractivity contribution in [3.63, 3.8) is 0 Å². The van der Waals surface area contributed by atoms with Crippen molar-refractivity contribution in [3.05, 3.63) is 58.7 Å². The number of aromatic nitrogens is 4. The van der Waals surface area contributed by atoms with Crippen molar-refractivity contribution in [3.8, 4) is 0 Å². The molecule has 0 radical (unpaired) electrons. The molecule has 0 atom stereocenters. The quantitative estimate of drug-likeness (QED) is 0.679. The zero-order valence-electron chi connectivity index (χ0n) is 13.3. The van der Waals surface area contributed by atoms with Gasteiger partial charge in [-0.2, -0.15) is 18.2 Å². The summed E-state index contributed by atoms with van der Waals surface area (Å²) in [5.41, 5.74) is 0.434. The predicted molar refractivity (Wildman–Crippen MR) is 80.8 cm³/mol. The number of aryl methyl sites for hydroxylation is 2. The number of ether oxygens (including phenoxy) is 1. The van der Waals surface area contributed by atoms with Gasteiger partial charge < -0.3 is 4.74 Å². The molecule has 0 N–H and O–H groups in total. The first-order chi connectivity index (χ1) is 11.8. The third-order valence-corrected chi connectivity index (χ3v) is 3.48. The molecule has 0 aliphatic carbocycles. The summed E-state index contributed by atoms with van der Waals surface area (Å²) in [6.07, 6.45) is -4.52. The van der Waals surface area contributed by atoms with Crippen LogP contribution < -0.4 is 0 Å². The van der Waals surface area contributed by atoms with E-state index < -0.39 is 24.3 Å². The van der Waals surface area contributed by atoms with Crippen molar-refractivity contribution >= 4 is 11.7 Å². The van der Waals surface area contributed by atoms with Crippen LogP contribution in [0.1, 0.15) is 33.1 Å². The Morgan fingerprint density at radius 3 is 2.64 bits per heavy atom. The van der Waals surface area contributed by atoms with E-state index in [9.17, 15) is 18.0 Å². The van der Waals surface area contributed by atoms with E-state index >= 15 is 0 Å². The maximum atomic E-state index is 12.9. The molecule has 0 aliphatic rings. The van der Waals surface area contributed by atoms with Crippen molar-refractivity contribution in [2.24, 2.45) is 0 Å². The van der Waals surface area contributed by atoms with Crippen LogP contribution in [-0.4, -0.2) is 25.6 Å². The Hall–Kier alpha value is -2.97. The van der Waals surface area contributed by atoms with Crippen LogP contribution in [0.25, 0.3) is 5.78 Å². The van der Waals surface area contributed by atoms with Crippen molar-refractivity contribution in [2.45, 2.75) is 26.6 Å². The first-order valence-corrected chi connectivity index (χ1v) is 7.29. The third kappa shape index (κ3) is 3.44. The highest BCUT2D eigenvalue weighted by Crippen LogP contribution is 2.32. The molecule has 0 aliphatic heterocycles. The lowest BCUT2D eigenvalue weighted by atomic mass is 10.1. The lowest BCUT2D eigenvalue weighted by molar-refractivity contribution is -0.138. The van der Waals surface area contributed by atoms with Gasteiger partial charge in [-0.1, -0.05) is 18.2 Å². The minimum absolute atomic E-state index is 0.141. The second-order valence-electron chi connectivity index (χ2n) is 5.42. The Morgan fingerprint density at radius 1 is 1.20 bits per heavy atom. The number of carbonyl (C=O) groups is 1. The Bertz CT molecular complexity index is 950. The standard InChI is InChI=1S/C16H13F3N4O2/c1-9-7-10(2)23-15(20-9)21-13(22-23)14(24)25-8-11-5-3-4-6-12(11)16(17,18)19/h3-7H,8H2,1-2H3. The Morgan fingerprint density at radius 2 is 1.92 bits per heavy atom. The van der Waals surface area contributed by atoms with Crippen LogP contribution in [0.2, 0.25) is 0 Å². The lowest BCUT2D eigenvalue weighted by Gasteiger charge is -2.12. The van der Waals surface area contributed by atoms with Gasteiger partial charge in [0.2, 0.25) is 0 Å². The van der Waals surface area contributed by atoms with E-state index in [0.717, 1.165) is 11.8 Å². The molecule has 130 valence electrons. The molecule has 0 fully saturated rings. The summed E-state index contributed by atoms with van der Waals surface area (Å²) in [7, 11) is 0. The highest BCUT2D eigenvalue weighted by molar-refractivity contribution is 5.85. The van der Waals surface area contributed by atoms with Gasteiger partial charge in [-0.3, -0.25) is 0 Å². The largest absolute Gasteiger partial charge is 0.455 e. The number of esters is 1. The Kier molecular flexibility index (Phi) is 4.15. The van der Waals surface area contributed by atoms with Crippen molar-refractivity contribution in [2.75, 3.05) is 0 Å². The van der Waals surface area contributed by atoms with Crippen LogP contribution in [0.15, 0.2) is 30.3 Å². The fourth-order valence-electron chi connectivity index (χ4n) is 2.38. The van der Waals surface area contributed by atoms with Gasteiger partial charge in [-0.05, 0) is 26.0 Å². The third-order valence-electron chi connectivity index (χ3n) is 3.48. The lowest BCUT2D eigenvalue weighted by Crippen LogP contribution is -2.13.